The molecular formula is C16H16N2O. The fraction of sp³-hybridized carbons (Fsp3) is 0.188. The molecule has 0 amide bonds. The smallest absolute Gasteiger partial charge is 0.119 e. The van der Waals surface area contributed by atoms with Crippen LogP contribution in [0.5, 0.6) is 5.75 Å². The second-order valence-corrected chi connectivity index (χ2v) is 4.25. The van der Waals surface area contributed by atoms with Crippen molar-refractivity contribution in [2.24, 2.45) is 0 Å². The number of benzene rings is 2. The Morgan fingerprint density at radius 3 is 2.79 bits per heavy atom. The fourth-order valence-electron chi connectivity index (χ4n) is 1.79. The molecular weight excluding hydrogens is 236 g/mol. The van der Waals surface area contributed by atoms with Crippen LogP contribution in [0, 0.1) is 18.3 Å². The van der Waals surface area contributed by atoms with Gasteiger partial charge in [-0.1, -0.05) is 24.3 Å². The first-order valence-corrected chi connectivity index (χ1v) is 6.22. The zero-order valence-electron chi connectivity index (χ0n) is 10.9. The SMILES string of the molecule is Cc1cccc(OCCNc2ccccc2C#N)c1. The number of para-hydroxylation sites is 1. The maximum atomic E-state index is 8.96. The molecule has 0 aliphatic rings. The summed E-state index contributed by atoms with van der Waals surface area (Å²) < 4.78 is 5.64. The second-order valence-electron chi connectivity index (χ2n) is 4.25. The molecule has 3 heteroatoms. The lowest BCUT2D eigenvalue weighted by Gasteiger charge is -2.10. The van der Waals surface area contributed by atoms with Crippen molar-refractivity contribution in [3.05, 3.63) is 59.7 Å². The summed E-state index contributed by atoms with van der Waals surface area (Å²) in [5.41, 5.74) is 2.68. The van der Waals surface area contributed by atoms with Crippen molar-refractivity contribution in [1.82, 2.24) is 0 Å². The van der Waals surface area contributed by atoms with Crippen LogP contribution < -0.4 is 10.1 Å². The third-order valence-electron chi connectivity index (χ3n) is 2.72. The van der Waals surface area contributed by atoms with E-state index in [1.54, 1.807) is 6.07 Å². The van der Waals surface area contributed by atoms with Crippen molar-refractivity contribution >= 4 is 5.69 Å². The number of anilines is 1. The van der Waals surface area contributed by atoms with Crippen LogP contribution in [0.4, 0.5) is 5.69 Å². The molecule has 1 N–H and O–H groups in total. The van der Waals surface area contributed by atoms with Gasteiger partial charge in [0.1, 0.15) is 18.4 Å². The van der Waals surface area contributed by atoms with Gasteiger partial charge in [-0.05, 0) is 36.8 Å². The topological polar surface area (TPSA) is 45.0 Å². The van der Waals surface area contributed by atoms with Gasteiger partial charge in [0.15, 0.2) is 0 Å². The van der Waals surface area contributed by atoms with Crippen LogP contribution in [0.1, 0.15) is 11.1 Å². The molecule has 0 unspecified atom stereocenters. The molecule has 0 heterocycles. The molecule has 0 aromatic heterocycles. The molecule has 0 aliphatic carbocycles. The molecule has 0 spiro atoms. The molecule has 0 fully saturated rings. The van der Waals surface area contributed by atoms with E-state index in [0.717, 1.165) is 11.4 Å². The highest BCUT2D eigenvalue weighted by molar-refractivity contribution is 5.57. The lowest BCUT2D eigenvalue weighted by molar-refractivity contribution is 0.332. The van der Waals surface area contributed by atoms with E-state index >= 15 is 0 Å². The highest BCUT2D eigenvalue weighted by Gasteiger charge is 1.99. The largest absolute Gasteiger partial charge is 0.492 e. The van der Waals surface area contributed by atoms with Crippen molar-refractivity contribution in [2.75, 3.05) is 18.5 Å². The van der Waals surface area contributed by atoms with E-state index in [4.69, 9.17) is 10.00 Å². The molecule has 0 radical (unpaired) electrons. The minimum absolute atomic E-state index is 0.559. The highest BCUT2D eigenvalue weighted by atomic mass is 16.5. The van der Waals surface area contributed by atoms with E-state index in [1.165, 1.54) is 5.56 Å². The Hall–Kier alpha value is -2.47. The van der Waals surface area contributed by atoms with Gasteiger partial charge in [0.25, 0.3) is 0 Å². The summed E-state index contributed by atoms with van der Waals surface area (Å²) in [6, 6.07) is 17.6. The van der Waals surface area contributed by atoms with Crippen LogP contribution in [0.25, 0.3) is 0 Å². The number of rotatable bonds is 5. The Balaban J connectivity index is 1.83. The lowest BCUT2D eigenvalue weighted by atomic mass is 10.2. The number of nitrogens with one attached hydrogen (secondary N) is 1. The van der Waals surface area contributed by atoms with Crippen molar-refractivity contribution in [3.8, 4) is 11.8 Å². The quantitative estimate of drug-likeness (QED) is 0.830. The Morgan fingerprint density at radius 2 is 2.00 bits per heavy atom. The molecule has 0 saturated carbocycles. The van der Waals surface area contributed by atoms with Gasteiger partial charge in [-0.25, -0.2) is 0 Å². The minimum atomic E-state index is 0.559. The number of nitriles is 1. The van der Waals surface area contributed by atoms with Crippen LogP contribution >= 0.6 is 0 Å². The molecule has 2 aromatic rings. The first-order valence-electron chi connectivity index (χ1n) is 6.22. The number of ether oxygens (including phenoxy) is 1. The maximum absolute atomic E-state index is 8.96. The van der Waals surface area contributed by atoms with Gasteiger partial charge in [-0.15, -0.1) is 0 Å². The van der Waals surface area contributed by atoms with Crippen molar-refractivity contribution in [1.29, 1.82) is 5.26 Å². The zero-order valence-corrected chi connectivity index (χ0v) is 10.9. The summed E-state index contributed by atoms with van der Waals surface area (Å²) in [7, 11) is 0. The third kappa shape index (κ3) is 3.75. The molecule has 0 aliphatic heterocycles. The van der Waals surface area contributed by atoms with E-state index in [-0.39, 0.29) is 0 Å². The van der Waals surface area contributed by atoms with E-state index in [0.29, 0.717) is 18.7 Å². The molecule has 0 atom stereocenters. The predicted octanol–water partition coefficient (Wildman–Crippen LogP) is 3.36. The van der Waals surface area contributed by atoms with Crippen LogP contribution in [-0.4, -0.2) is 13.2 Å². The first-order chi connectivity index (χ1) is 9.29. The van der Waals surface area contributed by atoms with Crippen LogP contribution in [0.15, 0.2) is 48.5 Å². The number of nitrogens with zero attached hydrogens (tertiary/aromatic N) is 1. The lowest BCUT2D eigenvalue weighted by Crippen LogP contribution is -2.12. The summed E-state index contributed by atoms with van der Waals surface area (Å²) in [5.74, 6) is 0.871. The summed E-state index contributed by atoms with van der Waals surface area (Å²) in [6.45, 7) is 3.25. The van der Waals surface area contributed by atoms with E-state index < -0.39 is 0 Å². The van der Waals surface area contributed by atoms with Gasteiger partial charge in [0, 0.05) is 6.54 Å². The zero-order chi connectivity index (χ0) is 13.5. The minimum Gasteiger partial charge on any atom is -0.492 e. The van der Waals surface area contributed by atoms with Crippen molar-refractivity contribution in [2.45, 2.75) is 6.92 Å². The Labute approximate surface area is 113 Å². The highest BCUT2D eigenvalue weighted by Crippen LogP contribution is 2.14. The average Bonchev–Trinajstić information content (AvgIpc) is 2.44. The third-order valence-corrected chi connectivity index (χ3v) is 2.72. The van der Waals surface area contributed by atoms with E-state index in [9.17, 15) is 0 Å². The summed E-state index contributed by atoms with van der Waals surface area (Å²) in [4.78, 5) is 0. The second kappa shape index (κ2) is 6.46. The van der Waals surface area contributed by atoms with Crippen molar-refractivity contribution in [3.63, 3.8) is 0 Å². The van der Waals surface area contributed by atoms with E-state index in [1.807, 2.05) is 49.4 Å². The van der Waals surface area contributed by atoms with Crippen LogP contribution in [0.2, 0.25) is 0 Å². The molecule has 0 bridgehead atoms. The molecule has 0 saturated heterocycles. The average molecular weight is 252 g/mol. The van der Waals surface area contributed by atoms with Gasteiger partial charge in [-0.3, -0.25) is 0 Å². The van der Waals surface area contributed by atoms with Gasteiger partial charge in [0.05, 0.1) is 11.3 Å². The van der Waals surface area contributed by atoms with E-state index in [2.05, 4.69) is 11.4 Å². The number of aryl methyl sites for hydroxylation is 1. The standard InChI is InChI=1S/C16H16N2O/c1-13-5-4-7-15(11-13)19-10-9-18-16-8-3-2-6-14(16)12-17/h2-8,11,18H,9-10H2,1H3. The number of hydrogen-bond acceptors (Lipinski definition) is 3. The first kappa shape index (κ1) is 13.0. The van der Waals surface area contributed by atoms with Gasteiger partial charge < -0.3 is 10.1 Å². The van der Waals surface area contributed by atoms with Gasteiger partial charge in [0.2, 0.25) is 0 Å². The normalized spacial score (nSPS) is 9.68. The van der Waals surface area contributed by atoms with Crippen LogP contribution in [0.3, 0.4) is 0 Å². The molecule has 19 heavy (non-hydrogen) atoms. The summed E-state index contributed by atoms with van der Waals surface area (Å²) >= 11 is 0. The molecule has 2 rings (SSSR count). The Morgan fingerprint density at radius 1 is 1.16 bits per heavy atom. The monoisotopic (exact) mass is 252 g/mol. The number of hydrogen-bond donors (Lipinski definition) is 1. The summed E-state index contributed by atoms with van der Waals surface area (Å²) in [5, 5.41) is 12.2. The molecule has 2 aromatic carbocycles. The fourth-order valence-corrected chi connectivity index (χ4v) is 1.79. The molecule has 3 nitrogen and oxygen atoms in total. The van der Waals surface area contributed by atoms with Crippen molar-refractivity contribution < 1.29 is 4.74 Å². The Bertz CT molecular complexity index is 587. The van der Waals surface area contributed by atoms with Gasteiger partial charge in [-0.2, -0.15) is 5.26 Å². The predicted molar refractivity (Wildman–Crippen MR) is 76.3 cm³/mol. The van der Waals surface area contributed by atoms with Gasteiger partial charge >= 0.3 is 0 Å². The van der Waals surface area contributed by atoms with Crippen LogP contribution in [-0.2, 0) is 0 Å². The maximum Gasteiger partial charge on any atom is 0.119 e. The summed E-state index contributed by atoms with van der Waals surface area (Å²) in [6.07, 6.45) is 0. The molecule has 96 valence electrons. The Kier molecular flexibility index (Phi) is 4.41.